The zero-order valence-corrected chi connectivity index (χ0v) is 9.12. The van der Waals surface area contributed by atoms with Gasteiger partial charge in [-0.25, -0.2) is 9.18 Å². The summed E-state index contributed by atoms with van der Waals surface area (Å²) in [5, 5.41) is 20.6. The van der Waals surface area contributed by atoms with Crippen LogP contribution in [0.5, 0.6) is 0 Å². The number of hydrogen-bond acceptors (Lipinski definition) is 3. The van der Waals surface area contributed by atoms with Gasteiger partial charge in [0.25, 0.3) is 0 Å². The van der Waals surface area contributed by atoms with Crippen molar-refractivity contribution in [3.63, 3.8) is 0 Å². The van der Waals surface area contributed by atoms with Crippen LogP contribution >= 0.6 is 0 Å². The van der Waals surface area contributed by atoms with Gasteiger partial charge < -0.3 is 15.5 Å². The van der Waals surface area contributed by atoms with Gasteiger partial charge >= 0.3 is 5.97 Å². The molecule has 0 bridgehead atoms. The molecular formula is C11H14FNO3. The highest BCUT2D eigenvalue weighted by atomic mass is 19.1. The van der Waals surface area contributed by atoms with Crippen molar-refractivity contribution in [1.82, 2.24) is 0 Å². The van der Waals surface area contributed by atoms with E-state index >= 15 is 0 Å². The van der Waals surface area contributed by atoms with Crippen LogP contribution in [0.2, 0.25) is 0 Å². The molecule has 0 unspecified atom stereocenters. The first-order valence-corrected chi connectivity index (χ1v) is 4.77. The van der Waals surface area contributed by atoms with E-state index in [4.69, 9.17) is 10.2 Å². The number of hydrogen-bond donors (Lipinski definition) is 3. The van der Waals surface area contributed by atoms with Gasteiger partial charge in [0.2, 0.25) is 0 Å². The monoisotopic (exact) mass is 227 g/mol. The fraction of sp³-hybridized carbons (Fsp3) is 0.364. The first-order chi connectivity index (χ1) is 7.34. The molecule has 3 N–H and O–H groups in total. The van der Waals surface area contributed by atoms with Crippen LogP contribution in [0.1, 0.15) is 24.2 Å². The second kappa shape index (κ2) is 4.49. The molecule has 0 saturated carbocycles. The minimum absolute atomic E-state index is 0.128. The smallest absolute Gasteiger partial charge is 0.335 e. The third-order valence-electron chi connectivity index (χ3n) is 2.02. The maximum Gasteiger partial charge on any atom is 0.335 e. The number of halogens is 1. The van der Waals surface area contributed by atoms with Crippen molar-refractivity contribution in [1.29, 1.82) is 0 Å². The van der Waals surface area contributed by atoms with Crippen molar-refractivity contribution in [3.05, 3.63) is 29.6 Å². The van der Waals surface area contributed by atoms with Crippen molar-refractivity contribution in [2.45, 2.75) is 19.4 Å². The highest BCUT2D eigenvalue weighted by Gasteiger charge is 2.17. The Balaban J connectivity index is 3.01. The average Bonchev–Trinajstić information content (AvgIpc) is 2.16. The fourth-order valence-corrected chi connectivity index (χ4v) is 1.22. The number of carboxylic acids is 1. The zero-order valence-electron chi connectivity index (χ0n) is 9.12. The Labute approximate surface area is 92.7 Å². The predicted molar refractivity (Wildman–Crippen MR) is 58.1 cm³/mol. The number of aromatic carboxylic acids is 1. The van der Waals surface area contributed by atoms with Crippen LogP contribution in [0.15, 0.2) is 18.2 Å². The minimum atomic E-state index is -1.19. The molecule has 0 atom stereocenters. The van der Waals surface area contributed by atoms with Crippen molar-refractivity contribution < 1.29 is 19.4 Å². The van der Waals surface area contributed by atoms with E-state index in [0.717, 1.165) is 6.07 Å². The molecule has 1 aromatic rings. The van der Waals surface area contributed by atoms with Crippen LogP contribution in [0, 0.1) is 5.82 Å². The van der Waals surface area contributed by atoms with Gasteiger partial charge in [-0.3, -0.25) is 0 Å². The number of aliphatic hydroxyl groups is 1. The molecule has 0 radical (unpaired) electrons. The van der Waals surface area contributed by atoms with Crippen LogP contribution in [0.3, 0.4) is 0 Å². The largest absolute Gasteiger partial charge is 0.478 e. The van der Waals surface area contributed by atoms with Gasteiger partial charge in [-0.2, -0.15) is 0 Å². The molecule has 0 saturated heterocycles. The molecule has 0 spiro atoms. The Morgan fingerprint density at radius 1 is 1.44 bits per heavy atom. The second-order valence-electron chi connectivity index (χ2n) is 4.20. The van der Waals surface area contributed by atoms with E-state index in [0.29, 0.717) is 5.69 Å². The maximum absolute atomic E-state index is 13.1. The topological polar surface area (TPSA) is 69.6 Å². The highest BCUT2D eigenvalue weighted by Crippen LogP contribution is 2.18. The van der Waals surface area contributed by atoms with E-state index in [1.54, 1.807) is 13.8 Å². The Hall–Kier alpha value is -1.62. The Morgan fingerprint density at radius 3 is 2.56 bits per heavy atom. The standard InChI is InChI=1S/C11H14FNO3/c1-11(2,6-14)13-9-4-7(10(15)16)3-8(12)5-9/h3-5,13-14H,6H2,1-2H3,(H,15,16). The molecule has 5 heteroatoms. The van der Waals surface area contributed by atoms with Crippen LogP contribution in [-0.2, 0) is 0 Å². The van der Waals surface area contributed by atoms with Gasteiger partial charge in [0.1, 0.15) is 5.82 Å². The molecule has 1 aromatic carbocycles. The van der Waals surface area contributed by atoms with Gasteiger partial charge in [-0.1, -0.05) is 0 Å². The van der Waals surface area contributed by atoms with Gasteiger partial charge in [-0.15, -0.1) is 0 Å². The summed E-state index contributed by atoms with van der Waals surface area (Å²) in [6, 6.07) is 3.45. The fourth-order valence-electron chi connectivity index (χ4n) is 1.22. The highest BCUT2D eigenvalue weighted by molar-refractivity contribution is 5.88. The SMILES string of the molecule is CC(C)(CO)Nc1cc(F)cc(C(=O)O)c1. The van der Waals surface area contributed by atoms with Gasteiger partial charge in [0, 0.05) is 5.69 Å². The summed E-state index contributed by atoms with van der Waals surface area (Å²) in [6.07, 6.45) is 0. The lowest BCUT2D eigenvalue weighted by Gasteiger charge is -2.25. The summed E-state index contributed by atoms with van der Waals surface area (Å²) >= 11 is 0. The molecule has 0 aliphatic heterocycles. The summed E-state index contributed by atoms with van der Waals surface area (Å²) in [4.78, 5) is 10.7. The van der Waals surface area contributed by atoms with E-state index in [1.165, 1.54) is 12.1 Å². The summed E-state index contributed by atoms with van der Waals surface area (Å²) in [5.41, 5.74) is -0.434. The van der Waals surface area contributed by atoms with Crippen molar-refractivity contribution in [2.24, 2.45) is 0 Å². The zero-order chi connectivity index (χ0) is 12.3. The van der Waals surface area contributed by atoms with Gasteiger partial charge in [0.05, 0.1) is 17.7 Å². The van der Waals surface area contributed by atoms with E-state index in [2.05, 4.69) is 5.32 Å². The van der Waals surface area contributed by atoms with Crippen molar-refractivity contribution in [3.8, 4) is 0 Å². The van der Waals surface area contributed by atoms with E-state index in [-0.39, 0.29) is 12.2 Å². The van der Waals surface area contributed by atoms with Gasteiger partial charge in [-0.05, 0) is 32.0 Å². The number of nitrogens with one attached hydrogen (secondary N) is 1. The molecule has 0 amide bonds. The molecule has 0 aliphatic carbocycles. The predicted octanol–water partition coefficient (Wildman–Crippen LogP) is 1.71. The normalized spacial score (nSPS) is 11.2. The number of benzene rings is 1. The molecule has 0 fully saturated rings. The van der Waals surface area contributed by atoms with Crippen LogP contribution in [-0.4, -0.2) is 28.3 Å². The number of aliphatic hydroxyl groups excluding tert-OH is 1. The number of rotatable bonds is 4. The molecule has 0 aliphatic rings. The maximum atomic E-state index is 13.1. The second-order valence-corrected chi connectivity index (χ2v) is 4.20. The Bertz CT molecular complexity index is 404. The lowest BCUT2D eigenvalue weighted by molar-refractivity contribution is 0.0696. The minimum Gasteiger partial charge on any atom is -0.478 e. The molecule has 1 rings (SSSR count). The first kappa shape index (κ1) is 12.4. The van der Waals surface area contributed by atoms with Crippen LogP contribution in [0.4, 0.5) is 10.1 Å². The summed E-state index contributed by atoms with van der Waals surface area (Å²) < 4.78 is 13.1. The summed E-state index contributed by atoms with van der Waals surface area (Å²) in [7, 11) is 0. The average molecular weight is 227 g/mol. The summed E-state index contributed by atoms with van der Waals surface area (Å²) in [5.74, 6) is -1.82. The van der Waals surface area contributed by atoms with E-state index < -0.39 is 17.3 Å². The Morgan fingerprint density at radius 2 is 2.06 bits per heavy atom. The van der Waals surface area contributed by atoms with E-state index in [9.17, 15) is 9.18 Å². The van der Waals surface area contributed by atoms with E-state index in [1.807, 2.05) is 0 Å². The van der Waals surface area contributed by atoms with Crippen LogP contribution < -0.4 is 5.32 Å². The number of carbonyl (C=O) groups is 1. The lowest BCUT2D eigenvalue weighted by atomic mass is 10.1. The summed E-state index contributed by atoms with van der Waals surface area (Å²) in [6.45, 7) is 3.29. The molecule has 88 valence electrons. The van der Waals surface area contributed by atoms with Gasteiger partial charge in [0.15, 0.2) is 0 Å². The molecule has 16 heavy (non-hydrogen) atoms. The van der Waals surface area contributed by atoms with Crippen molar-refractivity contribution >= 4 is 11.7 Å². The molecule has 0 aromatic heterocycles. The lowest BCUT2D eigenvalue weighted by Crippen LogP contribution is -2.35. The third kappa shape index (κ3) is 3.20. The number of carboxylic acid groups (broad SMARTS) is 1. The molecular weight excluding hydrogens is 213 g/mol. The molecule has 0 heterocycles. The molecule has 4 nitrogen and oxygen atoms in total. The van der Waals surface area contributed by atoms with Crippen LogP contribution in [0.25, 0.3) is 0 Å². The number of anilines is 1. The Kier molecular flexibility index (Phi) is 3.49. The van der Waals surface area contributed by atoms with Crippen molar-refractivity contribution in [2.75, 3.05) is 11.9 Å². The third-order valence-corrected chi connectivity index (χ3v) is 2.02. The first-order valence-electron chi connectivity index (χ1n) is 4.77. The quantitative estimate of drug-likeness (QED) is 0.732.